The maximum Gasteiger partial charge on any atom is 0.138 e. The van der Waals surface area contributed by atoms with E-state index in [1.807, 2.05) is 18.3 Å². The zero-order valence-electron chi connectivity index (χ0n) is 10.4. The molecular weight excluding hydrogens is 244 g/mol. The van der Waals surface area contributed by atoms with Gasteiger partial charge in [-0.2, -0.15) is 0 Å². The Balaban J connectivity index is 1.73. The standard InChI is InChI=1S/C13H18N4S/c14-12(18)11-2-1-5-15-13(11)17-8-6-16(7-9-17)10-3-4-10/h1-2,5,10H,3-4,6-9H2,(H2,14,18). The number of rotatable bonds is 3. The van der Waals surface area contributed by atoms with Crippen molar-refractivity contribution < 1.29 is 0 Å². The molecule has 2 fully saturated rings. The maximum absolute atomic E-state index is 5.76. The Kier molecular flexibility index (Phi) is 3.18. The van der Waals surface area contributed by atoms with Gasteiger partial charge < -0.3 is 10.6 Å². The first-order valence-electron chi connectivity index (χ1n) is 6.49. The lowest BCUT2D eigenvalue weighted by atomic mass is 10.2. The van der Waals surface area contributed by atoms with Crippen LogP contribution in [0.3, 0.4) is 0 Å². The third-order valence-corrected chi connectivity index (χ3v) is 3.95. The van der Waals surface area contributed by atoms with Crippen LogP contribution in [0.15, 0.2) is 18.3 Å². The van der Waals surface area contributed by atoms with Crippen LogP contribution in [0.4, 0.5) is 5.82 Å². The normalized spacial score (nSPS) is 21.0. The highest BCUT2D eigenvalue weighted by Crippen LogP contribution is 2.28. The fraction of sp³-hybridized carbons (Fsp3) is 0.538. The molecule has 0 unspecified atom stereocenters. The van der Waals surface area contributed by atoms with Gasteiger partial charge in [0, 0.05) is 38.4 Å². The Morgan fingerprint density at radius 1 is 1.28 bits per heavy atom. The summed E-state index contributed by atoms with van der Waals surface area (Å²) in [5.41, 5.74) is 6.66. The van der Waals surface area contributed by atoms with Crippen molar-refractivity contribution in [2.45, 2.75) is 18.9 Å². The molecule has 1 aliphatic carbocycles. The van der Waals surface area contributed by atoms with Gasteiger partial charge in [-0.1, -0.05) is 12.2 Å². The topological polar surface area (TPSA) is 45.4 Å². The SMILES string of the molecule is NC(=S)c1cccnc1N1CCN(C2CC2)CC1. The van der Waals surface area contributed by atoms with Crippen molar-refractivity contribution in [2.24, 2.45) is 5.73 Å². The number of pyridine rings is 1. The van der Waals surface area contributed by atoms with Gasteiger partial charge in [-0.05, 0) is 25.0 Å². The number of thiocarbonyl (C=S) groups is 1. The Bertz CT molecular complexity index is 450. The maximum atomic E-state index is 5.76. The van der Waals surface area contributed by atoms with Crippen LogP contribution in [0, 0.1) is 0 Å². The van der Waals surface area contributed by atoms with E-state index in [0.717, 1.165) is 43.6 Å². The van der Waals surface area contributed by atoms with Crippen LogP contribution >= 0.6 is 12.2 Å². The van der Waals surface area contributed by atoms with Gasteiger partial charge in [-0.3, -0.25) is 4.90 Å². The van der Waals surface area contributed by atoms with Crippen molar-refractivity contribution in [3.63, 3.8) is 0 Å². The second-order valence-electron chi connectivity index (χ2n) is 4.99. The zero-order chi connectivity index (χ0) is 12.5. The van der Waals surface area contributed by atoms with Crippen molar-refractivity contribution in [1.82, 2.24) is 9.88 Å². The van der Waals surface area contributed by atoms with Crippen molar-refractivity contribution in [2.75, 3.05) is 31.1 Å². The number of nitrogens with two attached hydrogens (primary N) is 1. The van der Waals surface area contributed by atoms with Gasteiger partial charge in [0.25, 0.3) is 0 Å². The largest absolute Gasteiger partial charge is 0.389 e. The number of hydrogen-bond donors (Lipinski definition) is 1. The summed E-state index contributed by atoms with van der Waals surface area (Å²) in [6.45, 7) is 4.28. The Hall–Kier alpha value is -1.20. The minimum atomic E-state index is 0.433. The average molecular weight is 262 g/mol. The number of piperazine rings is 1. The summed E-state index contributed by atoms with van der Waals surface area (Å²) in [5.74, 6) is 0.945. The summed E-state index contributed by atoms with van der Waals surface area (Å²) in [5, 5.41) is 0. The number of aromatic nitrogens is 1. The van der Waals surface area contributed by atoms with Gasteiger partial charge in [0.15, 0.2) is 0 Å². The van der Waals surface area contributed by atoms with E-state index in [9.17, 15) is 0 Å². The second kappa shape index (κ2) is 4.82. The van der Waals surface area contributed by atoms with Gasteiger partial charge >= 0.3 is 0 Å². The van der Waals surface area contributed by atoms with E-state index in [0.29, 0.717) is 4.99 Å². The lowest BCUT2D eigenvalue weighted by molar-refractivity contribution is 0.247. The van der Waals surface area contributed by atoms with Gasteiger partial charge in [-0.15, -0.1) is 0 Å². The third-order valence-electron chi connectivity index (χ3n) is 3.73. The summed E-state index contributed by atoms with van der Waals surface area (Å²) in [6.07, 6.45) is 4.56. The molecule has 0 radical (unpaired) electrons. The molecule has 2 N–H and O–H groups in total. The van der Waals surface area contributed by atoms with E-state index in [-0.39, 0.29) is 0 Å². The van der Waals surface area contributed by atoms with E-state index in [1.165, 1.54) is 12.8 Å². The van der Waals surface area contributed by atoms with Crippen LogP contribution in [0.2, 0.25) is 0 Å². The second-order valence-corrected chi connectivity index (χ2v) is 5.43. The first-order chi connectivity index (χ1) is 8.75. The smallest absolute Gasteiger partial charge is 0.138 e. The molecule has 1 aliphatic heterocycles. The highest BCUT2D eigenvalue weighted by atomic mass is 32.1. The molecule has 1 aromatic heterocycles. The van der Waals surface area contributed by atoms with E-state index in [1.54, 1.807) is 0 Å². The fourth-order valence-corrected chi connectivity index (χ4v) is 2.74. The molecule has 2 heterocycles. The molecule has 0 spiro atoms. The lowest BCUT2D eigenvalue weighted by Gasteiger charge is -2.36. The molecule has 0 bridgehead atoms. The molecule has 1 saturated heterocycles. The van der Waals surface area contributed by atoms with Crippen LogP contribution in [0.1, 0.15) is 18.4 Å². The van der Waals surface area contributed by atoms with E-state index in [2.05, 4.69) is 14.8 Å². The van der Waals surface area contributed by atoms with Crippen LogP contribution in [0.25, 0.3) is 0 Å². The molecule has 5 heteroatoms. The lowest BCUT2D eigenvalue weighted by Crippen LogP contribution is -2.48. The minimum Gasteiger partial charge on any atom is -0.389 e. The predicted molar refractivity (Wildman–Crippen MR) is 76.9 cm³/mol. The van der Waals surface area contributed by atoms with Gasteiger partial charge in [0.2, 0.25) is 0 Å². The third kappa shape index (κ3) is 2.33. The van der Waals surface area contributed by atoms with Crippen molar-refractivity contribution in [3.05, 3.63) is 23.9 Å². The molecule has 1 saturated carbocycles. The summed E-state index contributed by atoms with van der Waals surface area (Å²) < 4.78 is 0. The van der Waals surface area contributed by atoms with E-state index < -0.39 is 0 Å². The predicted octanol–water partition coefficient (Wildman–Crippen LogP) is 1.00. The molecular formula is C13H18N4S. The van der Waals surface area contributed by atoms with Crippen LogP contribution in [0.5, 0.6) is 0 Å². The monoisotopic (exact) mass is 262 g/mol. The number of hydrogen-bond acceptors (Lipinski definition) is 4. The van der Waals surface area contributed by atoms with E-state index in [4.69, 9.17) is 18.0 Å². The minimum absolute atomic E-state index is 0.433. The summed E-state index contributed by atoms with van der Waals surface area (Å²) in [7, 11) is 0. The molecule has 2 aliphatic rings. The Morgan fingerprint density at radius 2 is 2.00 bits per heavy atom. The van der Waals surface area contributed by atoms with Gasteiger partial charge in [-0.25, -0.2) is 4.98 Å². The molecule has 4 nitrogen and oxygen atoms in total. The highest BCUT2D eigenvalue weighted by Gasteiger charge is 2.31. The average Bonchev–Trinajstić information content (AvgIpc) is 3.23. The molecule has 1 aromatic rings. The molecule has 0 atom stereocenters. The molecule has 0 aromatic carbocycles. The molecule has 18 heavy (non-hydrogen) atoms. The fourth-order valence-electron chi connectivity index (χ4n) is 2.58. The zero-order valence-corrected chi connectivity index (χ0v) is 11.2. The van der Waals surface area contributed by atoms with Crippen LogP contribution < -0.4 is 10.6 Å². The van der Waals surface area contributed by atoms with Gasteiger partial charge in [0.1, 0.15) is 10.8 Å². The first kappa shape index (κ1) is 11.9. The van der Waals surface area contributed by atoms with Crippen LogP contribution in [-0.2, 0) is 0 Å². The summed E-state index contributed by atoms with van der Waals surface area (Å²) in [6, 6.07) is 4.70. The number of anilines is 1. The van der Waals surface area contributed by atoms with Gasteiger partial charge in [0.05, 0.1) is 5.56 Å². The molecule has 3 rings (SSSR count). The molecule has 0 amide bonds. The Morgan fingerprint density at radius 3 is 2.61 bits per heavy atom. The van der Waals surface area contributed by atoms with Crippen molar-refractivity contribution in [3.8, 4) is 0 Å². The summed E-state index contributed by atoms with van der Waals surface area (Å²) >= 11 is 5.09. The summed E-state index contributed by atoms with van der Waals surface area (Å²) in [4.78, 5) is 9.76. The quantitative estimate of drug-likeness (QED) is 0.823. The van der Waals surface area contributed by atoms with Crippen molar-refractivity contribution in [1.29, 1.82) is 0 Å². The first-order valence-corrected chi connectivity index (χ1v) is 6.90. The number of nitrogens with zero attached hydrogens (tertiary/aromatic N) is 3. The molecule has 96 valence electrons. The van der Waals surface area contributed by atoms with E-state index >= 15 is 0 Å². The van der Waals surface area contributed by atoms with Crippen molar-refractivity contribution >= 4 is 23.0 Å². The Labute approximate surface area is 113 Å². The highest BCUT2D eigenvalue weighted by molar-refractivity contribution is 7.80. The van der Waals surface area contributed by atoms with Crippen LogP contribution in [-0.4, -0.2) is 47.1 Å².